The molecule has 15 heavy (non-hydrogen) atoms. The van der Waals surface area contributed by atoms with E-state index in [4.69, 9.17) is 4.74 Å². The van der Waals surface area contributed by atoms with Gasteiger partial charge in [-0.3, -0.25) is 9.28 Å². The van der Waals surface area contributed by atoms with E-state index < -0.39 is 0 Å². The standard InChI is InChI=1S/C10H22NO2.I2/c1-7-10(2,3)9(12)13-8-11(4,5)6;1-2/h7-8H2,1-6H3;/q+1;. The molecule has 0 rings (SSSR count). The van der Waals surface area contributed by atoms with E-state index in [1.165, 1.54) is 0 Å². The van der Waals surface area contributed by atoms with Crippen molar-refractivity contribution in [2.24, 2.45) is 5.41 Å². The topological polar surface area (TPSA) is 26.3 Å². The van der Waals surface area contributed by atoms with Crippen LogP contribution in [0, 0.1) is 5.41 Å². The Hall–Kier alpha value is 0.890. The summed E-state index contributed by atoms with van der Waals surface area (Å²) >= 11 is 4.24. The molecule has 0 saturated heterocycles. The number of carbonyl (C=O) groups is 1. The number of hydrogen-bond acceptors (Lipinski definition) is 2. The van der Waals surface area contributed by atoms with Gasteiger partial charge in [-0.1, -0.05) is 6.92 Å². The second-order valence-electron chi connectivity index (χ2n) is 5.09. The van der Waals surface area contributed by atoms with Crippen LogP contribution < -0.4 is 0 Å². The lowest BCUT2D eigenvalue weighted by molar-refractivity contribution is -0.888. The van der Waals surface area contributed by atoms with Crippen molar-refractivity contribution in [2.45, 2.75) is 27.2 Å². The first-order valence-corrected chi connectivity index (χ1v) is 11.1. The van der Waals surface area contributed by atoms with Crippen LogP contribution in [0.3, 0.4) is 0 Å². The monoisotopic (exact) mass is 442 g/mol. The molecule has 0 aromatic rings. The summed E-state index contributed by atoms with van der Waals surface area (Å²) in [5, 5.41) is 0. The van der Waals surface area contributed by atoms with E-state index in [2.05, 4.69) is 37.2 Å². The Labute approximate surface area is 117 Å². The van der Waals surface area contributed by atoms with Crippen LogP contribution in [0.15, 0.2) is 0 Å². The summed E-state index contributed by atoms with van der Waals surface area (Å²) in [6, 6.07) is 0. The van der Waals surface area contributed by atoms with Crippen molar-refractivity contribution in [3.8, 4) is 0 Å². The molecule has 0 amide bonds. The molecule has 0 radical (unpaired) electrons. The van der Waals surface area contributed by atoms with Crippen LogP contribution in [0.4, 0.5) is 0 Å². The Kier molecular flexibility index (Phi) is 9.80. The van der Waals surface area contributed by atoms with E-state index in [1.54, 1.807) is 0 Å². The van der Waals surface area contributed by atoms with Crippen LogP contribution in [0.1, 0.15) is 27.2 Å². The lowest BCUT2D eigenvalue weighted by Crippen LogP contribution is -2.40. The predicted octanol–water partition coefficient (Wildman–Crippen LogP) is 3.40. The summed E-state index contributed by atoms with van der Waals surface area (Å²) in [4.78, 5) is 11.5. The Morgan fingerprint density at radius 1 is 1.27 bits per heavy atom. The van der Waals surface area contributed by atoms with Gasteiger partial charge in [0.25, 0.3) is 0 Å². The van der Waals surface area contributed by atoms with Gasteiger partial charge in [0.15, 0.2) is 0 Å². The molecule has 0 aliphatic rings. The number of quaternary nitrogens is 1. The van der Waals surface area contributed by atoms with Gasteiger partial charge in [-0.15, -0.1) is 0 Å². The van der Waals surface area contributed by atoms with Gasteiger partial charge in [0.1, 0.15) is 0 Å². The van der Waals surface area contributed by atoms with Crippen molar-refractivity contribution in [3.05, 3.63) is 0 Å². The van der Waals surface area contributed by atoms with Crippen LogP contribution >= 0.6 is 37.2 Å². The number of carbonyl (C=O) groups excluding carboxylic acids is 1. The number of esters is 1. The summed E-state index contributed by atoms with van der Waals surface area (Å²) < 4.78 is 5.84. The molecule has 0 unspecified atom stereocenters. The van der Waals surface area contributed by atoms with E-state index >= 15 is 0 Å². The highest BCUT2D eigenvalue weighted by atomic mass is 128. The fourth-order valence-corrected chi connectivity index (χ4v) is 0.592. The third kappa shape index (κ3) is 9.80. The molecular formula is C10H22I2NO2+. The zero-order valence-electron chi connectivity index (χ0n) is 10.4. The van der Waals surface area contributed by atoms with Crippen LogP contribution in [-0.2, 0) is 9.53 Å². The van der Waals surface area contributed by atoms with Gasteiger partial charge >= 0.3 is 5.97 Å². The summed E-state index contributed by atoms with van der Waals surface area (Å²) in [6.45, 7) is 6.24. The Balaban J connectivity index is 0. The van der Waals surface area contributed by atoms with Crippen molar-refractivity contribution < 1.29 is 14.0 Å². The Morgan fingerprint density at radius 3 is 1.93 bits per heavy atom. The first-order chi connectivity index (χ1) is 6.69. The summed E-state index contributed by atoms with van der Waals surface area (Å²) in [6.07, 6.45) is 0.809. The molecule has 0 spiro atoms. The number of hydrogen-bond donors (Lipinski definition) is 0. The van der Waals surface area contributed by atoms with Crippen molar-refractivity contribution in [1.29, 1.82) is 0 Å². The third-order valence-electron chi connectivity index (χ3n) is 2.02. The minimum atomic E-state index is -0.352. The van der Waals surface area contributed by atoms with Crippen LogP contribution in [-0.4, -0.2) is 38.3 Å². The van der Waals surface area contributed by atoms with E-state index in [9.17, 15) is 4.79 Å². The van der Waals surface area contributed by atoms with Crippen LogP contribution in [0.25, 0.3) is 0 Å². The summed E-state index contributed by atoms with van der Waals surface area (Å²) in [7, 11) is 5.98. The van der Waals surface area contributed by atoms with Gasteiger partial charge in [0.05, 0.1) is 26.6 Å². The maximum absolute atomic E-state index is 11.5. The molecule has 0 heterocycles. The second-order valence-corrected chi connectivity index (χ2v) is 5.09. The highest BCUT2D eigenvalue weighted by Gasteiger charge is 2.28. The van der Waals surface area contributed by atoms with Gasteiger partial charge in [-0.25, -0.2) is 0 Å². The highest BCUT2D eigenvalue weighted by Crippen LogP contribution is 2.21. The minimum Gasteiger partial charge on any atom is -0.415 e. The Bertz CT molecular complexity index is 188. The molecule has 5 heteroatoms. The lowest BCUT2D eigenvalue weighted by Gasteiger charge is -2.26. The first-order valence-electron chi connectivity index (χ1n) is 4.81. The average Bonchev–Trinajstić information content (AvgIpc) is 2.16. The van der Waals surface area contributed by atoms with E-state index in [0.29, 0.717) is 11.2 Å². The molecular weight excluding hydrogens is 420 g/mol. The largest absolute Gasteiger partial charge is 0.415 e. The smallest absolute Gasteiger partial charge is 0.315 e. The molecule has 0 bridgehead atoms. The molecule has 0 N–H and O–H groups in total. The summed E-state index contributed by atoms with van der Waals surface area (Å²) in [5.74, 6) is -0.108. The molecule has 0 aromatic heterocycles. The van der Waals surface area contributed by atoms with Gasteiger partial charge < -0.3 is 4.74 Å². The fourth-order valence-electron chi connectivity index (χ4n) is 0.592. The van der Waals surface area contributed by atoms with Crippen molar-refractivity contribution >= 4 is 43.2 Å². The molecule has 92 valence electrons. The Morgan fingerprint density at radius 2 is 1.67 bits per heavy atom. The average molecular weight is 442 g/mol. The first kappa shape index (κ1) is 18.3. The lowest BCUT2D eigenvalue weighted by atomic mass is 9.91. The summed E-state index contributed by atoms with van der Waals surface area (Å²) in [5.41, 5.74) is -0.352. The molecule has 0 aliphatic heterocycles. The molecule has 0 saturated carbocycles. The normalized spacial score (nSPS) is 11.5. The van der Waals surface area contributed by atoms with Crippen molar-refractivity contribution in [3.63, 3.8) is 0 Å². The quantitative estimate of drug-likeness (QED) is 0.289. The van der Waals surface area contributed by atoms with E-state index in [-0.39, 0.29) is 11.4 Å². The van der Waals surface area contributed by atoms with E-state index in [1.807, 2.05) is 41.9 Å². The van der Waals surface area contributed by atoms with E-state index in [0.717, 1.165) is 6.42 Å². The highest BCUT2D eigenvalue weighted by molar-refractivity contribution is 15.0. The second kappa shape index (κ2) is 8.05. The van der Waals surface area contributed by atoms with Crippen LogP contribution in [0.5, 0.6) is 0 Å². The number of rotatable bonds is 4. The third-order valence-corrected chi connectivity index (χ3v) is 2.02. The van der Waals surface area contributed by atoms with Gasteiger partial charge in [-0.05, 0) is 20.3 Å². The van der Waals surface area contributed by atoms with Crippen molar-refractivity contribution in [1.82, 2.24) is 0 Å². The molecule has 0 fully saturated rings. The maximum atomic E-state index is 11.5. The zero-order valence-corrected chi connectivity index (χ0v) is 14.7. The molecule has 3 nitrogen and oxygen atoms in total. The molecule has 0 aromatic carbocycles. The number of ether oxygens (including phenoxy) is 1. The molecule has 0 aliphatic carbocycles. The van der Waals surface area contributed by atoms with Crippen LogP contribution in [0.2, 0.25) is 0 Å². The minimum absolute atomic E-state index is 0.108. The number of halogens is 2. The predicted molar refractivity (Wildman–Crippen MR) is 81.1 cm³/mol. The van der Waals surface area contributed by atoms with Gasteiger partial charge in [-0.2, -0.15) is 0 Å². The van der Waals surface area contributed by atoms with Crippen molar-refractivity contribution in [2.75, 3.05) is 27.9 Å². The number of nitrogens with zero attached hydrogens (tertiary/aromatic N) is 1. The fraction of sp³-hybridized carbons (Fsp3) is 0.900. The SMILES string of the molecule is CCC(C)(C)C(=O)OC[N+](C)(C)C.II. The van der Waals surface area contributed by atoms with Gasteiger partial charge in [0.2, 0.25) is 6.73 Å². The zero-order chi connectivity index (χ0) is 12.7. The maximum Gasteiger partial charge on any atom is 0.315 e. The van der Waals surface area contributed by atoms with Gasteiger partial charge in [0, 0.05) is 37.2 Å². The molecule has 0 atom stereocenters.